The number of carbonyl (C=O) groups is 3. The first kappa shape index (κ1) is 33.3. The maximum absolute atomic E-state index is 14.8. The zero-order valence-corrected chi connectivity index (χ0v) is 27.6. The highest BCUT2D eigenvalue weighted by Crippen LogP contribution is 2.71. The third kappa shape index (κ3) is 6.21. The molecule has 3 fully saturated rings. The fourth-order valence-corrected chi connectivity index (χ4v) is 10.3. The lowest BCUT2D eigenvalue weighted by atomic mass is 9.66. The average Bonchev–Trinajstić information content (AvgIpc) is 3.60. The summed E-state index contributed by atoms with van der Waals surface area (Å²) in [6, 6.07) is 16.4. The quantitative estimate of drug-likeness (QED) is 0.186. The SMILES string of the molecule is C=CCN(Cc1ccccc1)C(=O)[C@H]1[C@H]2C(=O)N(CCCCCCO)C(C(=O)N(CC=C)c3ccccc3Cl)C23CC[C@]1(C)S3. The van der Waals surface area contributed by atoms with E-state index in [1.165, 1.54) is 0 Å². The molecule has 240 valence electrons. The van der Waals surface area contributed by atoms with Crippen LogP contribution in [-0.2, 0) is 20.9 Å². The molecule has 5 atom stereocenters. The first-order chi connectivity index (χ1) is 21.7. The van der Waals surface area contributed by atoms with Crippen molar-refractivity contribution in [3.05, 3.63) is 90.5 Å². The van der Waals surface area contributed by atoms with Gasteiger partial charge in [-0.25, -0.2) is 0 Å². The zero-order chi connectivity index (χ0) is 32.2. The van der Waals surface area contributed by atoms with Crippen LogP contribution < -0.4 is 4.90 Å². The lowest BCUT2D eigenvalue weighted by Crippen LogP contribution is -2.55. The summed E-state index contributed by atoms with van der Waals surface area (Å²) in [7, 11) is 0. The van der Waals surface area contributed by atoms with Gasteiger partial charge in [0.25, 0.3) is 5.91 Å². The van der Waals surface area contributed by atoms with Crippen LogP contribution in [0.3, 0.4) is 0 Å². The number of hydrogen-bond acceptors (Lipinski definition) is 5. The van der Waals surface area contributed by atoms with Gasteiger partial charge in [-0.1, -0.05) is 79.1 Å². The molecule has 45 heavy (non-hydrogen) atoms. The van der Waals surface area contributed by atoms with E-state index in [-0.39, 0.29) is 30.9 Å². The molecule has 2 unspecified atom stereocenters. The van der Waals surface area contributed by atoms with Crippen LogP contribution in [0.1, 0.15) is 51.0 Å². The molecule has 0 radical (unpaired) electrons. The van der Waals surface area contributed by atoms with Crippen LogP contribution in [0, 0.1) is 11.8 Å². The number of para-hydroxylation sites is 1. The number of hydrogen-bond donors (Lipinski definition) is 1. The van der Waals surface area contributed by atoms with Crippen LogP contribution in [0.4, 0.5) is 5.69 Å². The highest BCUT2D eigenvalue weighted by molar-refractivity contribution is 8.02. The monoisotopic (exact) mass is 649 g/mol. The maximum atomic E-state index is 14.8. The minimum atomic E-state index is -0.740. The molecule has 3 amide bonds. The average molecular weight is 650 g/mol. The number of aliphatic hydroxyl groups excluding tert-OH is 1. The van der Waals surface area contributed by atoms with Gasteiger partial charge in [0.05, 0.1) is 27.3 Å². The number of likely N-dealkylation sites (tertiary alicyclic amines) is 1. The predicted octanol–water partition coefficient (Wildman–Crippen LogP) is 6.11. The molecule has 2 aromatic rings. The van der Waals surface area contributed by atoms with Crippen molar-refractivity contribution in [1.82, 2.24) is 9.80 Å². The number of nitrogens with zero attached hydrogens (tertiary/aromatic N) is 3. The van der Waals surface area contributed by atoms with E-state index >= 15 is 0 Å². The Hall–Kier alpha value is -3.07. The van der Waals surface area contributed by atoms with E-state index in [0.29, 0.717) is 49.6 Å². The summed E-state index contributed by atoms with van der Waals surface area (Å²) in [5.74, 6) is -1.53. The molecule has 9 heteroatoms. The van der Waals surface area contributed by atoms with Gasteiger partial charge >= 0.3 is 0 Å². The summed E-state index contributed by atoms with van der Waals surface area (Å²) < 4.78 is -1.21. The number of carbonyl (C=O) groups excluding carboxylic acids is 3. The molecule has 5 rings (SSSR count). The van der Waals surface area contributed by atoms with Crippen LogP contribution in [0.15, 0.2) is 79.9 Å². The van der Waals surface area contributed by atoms with Gasteiger partial charge in [0.1, 0.15) is 6.04 Å². The minimum absolute atomic E-state index is 0.0567. The van der Waals surface area contributed by atoms with E-state index in [2.05, 4.69) is 20.1 Å². The van der Waals surface area contributed by atoms with Crippen molar-refractivity contribution in [2.45, 2.75) is 67.5 Å². The number of fused-ring (bicyclic) bond motifs is 1. The first-order valence-corrected chi connectivity index (χ1v) is 17.1. The van der Waals surface area contributed by atoms with Gasteiger partial charge in [-0.3, -0.25) is 14.4 Å². The number of rotatable bonds is 15. The number of halogens is 1. The molecule has 7 nitrogen and oxygen atoms in total. The summed E-state index contributed by atoms with van der Waals surface area (Å²) in [6.07, 6.45) is 7.92. The van der Waals surface area contributed by atoms with Crippen LogP contribution in [-0.4, -0.2) is 74.4 Å². The molecule has 1 spiro atoms. The van der Waals surface area contributed by atoms with E-state index in [9.17, 15) is 19.5 Å². The Labute approximate surface area is 276 Å². The van der Waals surface area contributed by atoms with E-state index in [1.54, 1.807) is 39.8 Å². The normalized spacial score (nSPS) is 26.5. The fourth-order valence-electron chi connectivity index (χ4n) is 7.71. The van der Waals surface area contributed by atoms with E-state index < -0.39 is 27.4 Å². The second-order valence-electron chi connectivity index (χ2n) is 12.6. The molecule has 0 aromatic heterocycles. The summed E-state index contributed by atoms with van der Waals surface area (Å²) in [4.78, 5) is 49.3. The lowest BCUT2D eigenvalue weighted by Gasteiger charge is -2.38. The van der Waals surface area contributed by atoms with E-state index in [0.717, 1.165) is 24.8 Å². The molecule has 1 N–H and O–H groups in total. The number of thioether (sulfide) groups is 1. The van der Waals surface area contributed by atoms with Gasteiger partial charge < -0.3 is 19.8 Å². The fraction of sp³-hybridized carbons (Fsp3) is 0.472. The van der Waals surface area contributed by atoms with Gasteiger partial charge in [-0.2, -0.15) is 0 Å². The van der Waals surface area contributed by atoms with Crippen LogP contribution in [0.25, 0.3) is 0 Å². The van der Waals surface area contributed by atoms with Gasteiger partial charge in [0, 0.05) is 37.5 Å². The summed E-state index contributed by atoms with van der Waals surface area (Å²) in [5, 5.41) is 9.71. The topological polar surface area (TPSA) is 81.2 Å². The highest BCUT2D eigenvalue weighted by atomic mass is 35.5. The van der Waals surface area contributed by atoms with Crippen molar-refractivity contribution >= 4 is 46.8 Å². The minimum Gasteiger partial charge on any atom is -0.396 e. The maximum Gasteiger partial charge on any atom is 0.251 e. The molecule has 2 aromatic carbocycles. The van der Waals surface area contributed by atoms with E-state index in [1.807, 2.05) is 53.4 Å². The second-order valence-corrected chi connectivity index (χ2v) is 14.9. The summed E-state index contributed by atoms with van der Waals surface area (Å²) >= 11 is 8.30. The van der Waals surface area contributed by atoms with Gasteiger partial charge in [-0.15, -0.1) is 24.9 Å². The summed E-state index contributed by atoms with van der Waals surface area (Å²) in [6.45, 7) is 11.5. The number of aliphatic hydroxyl groups is 1. The number of anilines is 1. The Morgan fingerprint density at radius 1 is 1.00 bits per heavy atom. The number of benzene rings is 2. The predicted molar refractivity (Wildman–Crippen MR) is 182 cm³/mol. The molecular weight excluding hydrogens is 606 g/mol. The molecule has 3 aliphatic heterocycles. The number of amides is 3. The molecule has 0 aliphatic carbocycles. The standard InChI is InChI=1S/C36H44ClN3O4S/c1-4-21-38(25-26-15-9-8-10-16-26)32(42)29-30-33(43)40(23-13-6-7-14-24-41)31(36(30)20-19-35(29,3)45-36)34(44)39(22-5-2)28-18-12-11-17-27(28)37/h4-5,8-12,15-18,29-31,41H,1-2,6-7,13-14,19-25H2,3H3/t29-,30+,31?,35+,36?/m1/s1. The molecular formula is C36H44ClN3O4S. The van der Waals surface area contributed by atoms with Crippen molar-refractivity contribution in [2.24, 2.45) is 11.8 Å². The zero-order valence-electron chi connectivity index (χ0n) is 26.1. The first-order valence-electron chi connectivity index (χ1n) is 15.9. The number of unbranched alkanes of at least 4 members (excludes halogenated alkanes) is 3. The Kier molecular flexibility index (Phi) is 10.5. The van der Waals surface area contributed by atoms with Crippen LogP contribution >= 0.6 is 23.4 Å². The highest BCUT2D eigenvalue weighted by Gasteiger charge is 2.77. The Morgan fingerprint density at radius 2 is 1.69 bits per heavy atom. The van der Waals surface area contributed by atoms with Crippen molar-refractivity contribution in [3.8, 4) is 0 Å². The molecule has 3 aliphatic rings. The third-order valence-electron chi connectivity index (χ3n) is 9.68. The Morgan fingerprint density at radius 3 is 2.38 bits per heavy atom. The Balaban J connectivity index is 1.53. The van der Waals surface area contributed by atoms with Crippen molar-refractivity contribution in [1.29, 1.82) is 0 Å². The smallest absolute Gasteiger partial charge is 0.251 e. The third-order valence-corrected chi connectivity index (χ3v) is 12.0. The van der Waals surface area contributed by atoms with Gasteiger partial charge in [-0.05, 0) is 50.3 Å². The molecule has 2 bridgehead atoms. The molecule has 0 saturated carbocycles. The van der Waals surface area contributed by atoms with Crippen LogP contribution in [0.2, 0.25) is 5.02 Å². The molecule has 3 saturated heterocycles. The second kappa shape index (κ2) is 14.1. The largest absolute Gasteiger partial charge is 0.396 e. The van der Waals surface area contributed by atoms with Crippen LogP contribution in [0.5, 0.6) is 0 Å². The van der Waals surface area contributed by atoms with Gasteiger partial charge in [0.2, 0.25) is 11.8 Å². The Bertz CT molecular complexity index is 1420. The molecule has 3 heterocycles. The van der Waals surface area contributed by atoms with Crippen molar-refractivity contribution in [2.75, 3.05) is 31.1 Å². The summed E-state index contributed by atoms with van der Waals surface area (Å²) in [5.41, 5.74) is 1.59. The lowest BCUT2D eigenvalue weighted by molar-refractivity contribution is -0.145. The van der Waals surface area contributed by atoms with Crippen molar-refractivity contribution in [3.63, 3.8) is 0 Å². The van der Waals surface area contributed by atoms with Crippen molar-refractivity contribution < 1.29 is 19.5 Å². The van der Waals surface area contributed by atoms with E-state index in [4.69, 9.17) is 11.6 Å². The van der Waals surface area contributed by atoms with Gasteiger partial charge in [0.15, 0.2) is 0 Å².